The summed E-state index contributed by atoms with van der Waals surface area (Å²) in [6.45, 7) is 0.302. The monoisotopic (exact) mass is 418 g/mol. The van der Waals surface area contributed by atoms with E-state index in [-0.39, 0.29) is 6.61 Å². The standard InChI is InChI=1S/C24H22N2O5/c1-29-14-21(27)31-20-11-10-18(24(25)28)22-17-9-8-16(30-2)12-19(17)26(23(20)22)13-15-6-4-3-5-7-15/h3-12H,13-14H2,1-2H3,(H2,25,28). The van der Waals surface area contributed by atoms with E-state index in [2.05, 4.69) is 0 Å². The number of amides is 1. The van der Waals surface area contributed by atoms with E-state index in [1.54, 1.807) is 19.2 Å². The lowest BCUT2D eigenvalue weighted by Gasteiger charge is -2.12. The third-order valence-corrected chi connectivity index (χ3v) is 5.11. The van der Waals surface area contributed by atoms with E-state index in [1.807, 2.05) is 53.1 Å². The van der Waals surface area contributed by atoms with Crippen LogP contribution in [0.3, 0.4) is 0 Å². The van der Waals surface area contributed by atoms with E-state index >= 15 is 0 Å². The molecule has 0 fully saturated rings. The number of esters is 1. The quantitative estimate of drug-likeness (QED) is 0.366. The summed E-state index contributed by atoms with van der Waals surface area (Å²) in [7, 11) is 3.02. The molecule has 0 saturated carbocycles. The van der Waals surface area contributed by atoms with Gasteiger partial charge in [-0.1, -0.05) is 30.3 Å². The van der Waals surface area contributed by atoms with Gasteiger partial charge in [0.25, 0.3) is 0 Å². The summed E-state index contributed by atoms with van der Waals surface area (Å²) in [5.41, 5.74) is 8.52. The van der Waals surface area contributed by atoms with Crippen molar-refractivity contribution in [2.75, 3.05) is 20.8 Å². The number of rotatable bonds is 7. The Balaban J connectivity index is 2.06. The lowest BCUT2D eigenvalue weighted by molar-refractivity contribution is -0.138. The molecule has 0 aliphatic heterocycles. The van der Waals surface area contributed by atoms with E-state index in [0.29, 0.717) is 34.5 Å². The number of ether oxygens (including phenoxy) is 3. The first-order chi connectivity index (χ1) is 15.0. The van der Waals surface area contributed by atoms with Crippen molar-refractivity contribution in [1.82, 2.24) is 4.57 Å². The second-order valence-electron chi connectivity index (χ2n) is 7.06. The molecule has 7 nitrogen and oxygen atoms in total. The molecule has 0 aliphatic rings. The number of aromatic nitrogens is 1. The number of hydrogen-bond donors (Lipinski definition) is 1. The number of methoxy groups -OCH3 is 2. The highest BCUT2D eigenvalue weighted by atomic mass is 16.6. The van der Waals surface area contributed by atoms with Crippen molar-refractivity contribution < 1.29 is 23.8 Å². The number of carbonyl (C=O) groups excluding carboxylic acids is 2. The zero-order valence-electron chi connectivity index (χ0n) is 17.3. The van der Waals surface area contributed by atoms with Crippen LogP contribution >= 0.6 is 0 Å². The number of carbonyl (C=O) groups is 2. The molecule has 0 spiro atoms. The van der Waals surface area contributed by atoms with E-state index in [0.717, 1.165) is 16.5 Å². The third kappa shape index (κ3) is 3.83. The first-order valence-electron chi connectivity index (χ1n) is 9.69. The van der Waals surface area contributed by atoms with Crippen LogP contribution in [0, 0.1) is 0 Å². The first kappa shape index (κ1) is 20.4. The van der Waals surface area contributed by atoms with Crippen molar-refractivity contribution in [2.24, 2.45) is 5.73 Å². The summed E-state index contributed by atoms with van der Waals surface area (Å²) in [6.07, 6.45) is 0. The third-order valence-electron chi connectivity index (χ3n) is 5.11. The molecular weight excluding hydrogens is 396 g/mol. The molecule has 4 rings (SSSR count). The van der Waals surface area contributed by atoms with Gasteiger partial charge in [-0.15, -0.1) is 0 Å². The molecule has 0 aliphatic carbocycles. The zero-order chi connectivity index (χ0) is 22.0. The van der Waals surface area contributed by atoms with Crippen LogP contribution in [0.4, 0.5) is 0 Å². The van der Waals surface area contributed by atoms with Crippen LogP contribution in [0.2, 0.25) is 0 Å². The highest BCUT2D eigenvalue weighted by molar-refractivity contribution is 6.19. The van der Waals surface area contributed by atoms with Gasteiger partial charge in [0.05, 0.1) is 18.1 Å². The topological polar surface area (TPSA) is 92.8 Å². The summed E-state index contributed by atoms with van der Waals surface area (Å²) < 4.78 is 17.9. The Kier molecular flexibility index (Phi) is 5.60. The van der Waals surface area contributed by atoms with Gasteiger partial charge in [0, 0.05) is 36.1 Å². The maximum absolute atomic E-state index is 12.2. The minimum Gasteiger partial charge on any atom is -0.497 e. The Morgan fingerprint density at radius 2 is 1.77 bits per heavy atom. The molecule has 1 amide bonds. The average Bonchev–Trinajstić information content (AvgIpc) is 3.08. The Morgan fingerprint density at radius 1 is 1.00 bits per heavy atom. The van der Waals surface area contributed by atoms with Crippen LogP contribution in [-0.2, 0) is 16.1 Å². The fraction of sp³-hybridized carbons (Fsp3) is 0.167. The number of fused-ring (bicyclic) bond motifs is 3. The van der Waals surface area contributed by atoms with Crippen molar-refractivity contribution >= 4 is 33.7 Å². The number of nitrogens with zero attached hydrogens (tertiary/aromatic N) is 1. The smallest absolute Gasteiger partial charge is 0.337 e. The Morgan fingerprint density at radius 3 is 2.45 bits per heavy atom. The van der Waals surface area contributed by atoms with Gasteiger partial charge in [0.15, 0.2) is 5.75 Å². The lowest BCUT2D eigenvalue weighted by atomic mass is 10.1. The summed E-state index contributed by atoms with van der Waals surface area (Å²) in [5.74, 6) is -0.101. The first-order valence-corrected chi connectivity index (χ1v) is 9.69. The lowest BCUT2D eigenvalue weighted by Crippen LogP contribution is -2.16. The van der Waals surface area contributed by atoms with Crippen LogP contribution in [0.5, 0.6) is 11.5 Å². The summed E-state index contributed by atoms with van der Waals surface area (Å²) in [4.78, 5) is 24.4. The Labute approximate surface area is 178 Å². The van der Waals surface area contributed by atoms with E-state index in [9.17, 15) is 9.59 Å². The fourth-order valence-corrected chi connectivity index (χ4v) is 3.79. The van der Waals surface area contributed by atoms with E-state index < -0.39 is 11.9 Å². The molecule has 0 saturated heterocycles. The van der Waals surface area contributed by atoms with Crippen LogP contribution < -0.4 is 15.2 Å². The van der Waals surface area contributed by atoms with Crippen molar-refractivity contribution in [2.45, 2.75) is 6.54 Å². The van der Waals surface area contributed by atoms with Gasteiger partial charge in [0.2, 0.25) is 5.91 Å². The van der Waals surface area contributed by atoms with Crippen LogP contribution in [-0.4, -0.2) is 37.3 Å². The van der Waals surface area contributed by atoms with Gasteiger partial charge in [-0.3, -0.25) is 4.79 Å². The van der Waals surface area contributed by atoms with Gasteiger partial charge in [0.1, 0.15) is 12.4 Å². The number of benzene rings is 3. The fourth-order valence-electron chi connectivity index (χ4n) is 3.79. The highest BCUT2D eigenvalue weighted by Crippen LogP contribution is 2.39. The molecule has 0 radical (unpaired) electrons. The van der Waals surface area contributed by atoms with Gasteiger partial charge >= 0.3 is 5.97 Å². The average molecular weight is 418 g/mol. The number of hydrogen-bond acceptors (Lipinski definition) is 5. The number of primary amides is 1. The van der Waals surface area contributed by atoms with Crippen molar-refractivity contribution in [3.05, 3.63) is 71.8 Å². The SMILES string of the molecule is COCC(=O)Oc1ccc(C(N)=O)c2c3ccc(OC)cc3n(Cc3ccccc3)c12. The predicted molar refractivity (Wildman–Crippen MR) is 118 cm³/mol. The second-order valence-corrected chi connectivity index (χ2v) is 7.06. The molecule has 1 heterocycles. The van der Waals surface area contributed by atoms with Gasteiger partial charge < -0.3 is 24.5 Å². The Bertz CT molecular complexity index is 1280. The highest BCUT2D eigenvalue weighted by Gasteiger charge is 2.22. The minimum atomic E-state index is -0.561. The predicted octanol–water partition coefficient (Wildman–Crippen LogP) is 3.50. The zero-order valence-corrected chi connectivity index (χ0v) is 17.3. The summed E-state index contributed by atoms with van der Waals surface area (Å²) >= 11 is 0. The molecule has 0 atom stereocenters. The minimum absolute atomic E-state index is 0.189. The molecule has 1 aromatic heterocycles. The van der Waals surface area contributed by atoms with Crippen molar-refractivity contribution in [3.63, 3.8) is 0 Å². The van der Waals surface area contributed by atoms with Gasteiger partial charge in [-0.2, -0.15) is 0 Å². The van der Waals surface area contributed by atoms with E-state index in [1.165, 1.54) is 7.11 Å². The van der Waals surface area contributed by atoms with Crippen molar-refractivity contribution in [1.29, 1.82) is 0 Å². The van der Waals surface area contributed by atoms with E-state index in [4.69, 9.17) is 19.9 Å². The molecule has 0 unspecified atom stereocenters. The van der Waals surface area contributed by atoms with Crippen LogP contribution in [0.25, 0.3) is 21.8 Å². The molecule has 31 heavy (non-hydrogen) atoms. The van der Waals surface area contributed by atoms with Crippen molar-refractivity contribution in [3.8, 4) is 11.5 Å². The Hall–Kier alpha value is -3.84. The van der Waals surface area contributed by atoms with Gasteiger partial charge in [-0.05, 0) is 29.8 Å². The van der Waals surface area contributed by atoms with Crippen LogP contribution in [0.1, 0.15) is 15.9 Å². The molecule has 0 bridgehead atoms. The normalized spacial score (nSPS) is 11.0. The maximum atomic E-state index is 12.2. The maximum Gasteiger partial charge on any atom is 0.337 e. The summed E-state index contributed by atoms with van der Waals surface area (Å²) in [5, 5.41) is 1.44. The van der Waals surface area contributed by atoms with Crippen LogP contribution in [0.15, 0.2) is 60.7 Å². The molecule has 158 valence electrons. The molecule has 3 aromatic carbocycles. The number of nitrogens with two attached hydrogens (primary N) is 1. The molecule has 4 aromatic rings. The van der Waals surface area contributed by atoms with Gasteiger partial charge in [-0.25, -0.2) is 4.79 Å². The molecular formula is C24H22N2O5. The summed E-state index contributed by atoms with van der Waals surface area (Å²) in [6, 6.07) is 18.6. The molecule has 7 heteroatoms. The largest absolute Gasteiger partial charge is 0.497 e. The molecule has 2 N–H and O–H groups in total. The second kappa shape index (κ2) is 8.49.